The van der Waals surface area contributed by atoms with Gasteiger partial charge in [0.05, 0.1) is 11.1 Å². The van der Waals surface area contributed by atoms with Gasteiger partial charge in [0, 0.05) is 6.54 Å². The van der Waals surface area contributed by atoms with Gasteiger partial charge in [-0.2, -0.15) is 13.2 Å². The van der Waals surface area contributed by atoms with Crippen molar-refractivity contribution >= 4 is 11.9 Å². The number of esters is 1. The van der Waals surface area contributed by atoms with Gasteiger partial charge in [0.25, 0.3) is 5.91 Å². The van der Waals surface area contributed by atoms with Crippen molar-refractivity contribution in [3.63, 3.8) is 0 Å². The Labute approximate surface area is 142 Å². The predicted octanol–water partition coefficient (Wildman–Crippen LogP) is 3.49. The first-order valence-corrected chi connectivity index (χ1v) is 7.42. The number of alkyl halides is 3. The first kappa shape index (κ1) is 18.5. The molecule has 4 nitrogen and oxygen atoms in total. The van der Waals surface area contributed by atoms with E-state index in [0.29, 0.717) is 0 Å². The molecule has 0 aromatic heterocycles. The summed E-state index contributed by atoms with van der Waals surface area (Å²) in [5.74, 6) is -1.36. The van der Waals surface area contributed by atoms with E-state index in [9.17, 15) is 22.8 Å². The number of aryl methyl sites for hydroxylation is 1. The SMILES string of the molecule is Cc1ccc(CNC(=O)COC(=O)c2ccc(C(F)(F)F)cc2)cc1. The van der Waals surface area contributed by atoms with Crippen LogP contribution in [0.2, 0.25) is 0 Å². The first-order valence-electron chi connectivity index (χ1n) is 7.42. The lowest BCUT2D eigenvalue weighted by Crippen LogP contribution is -2.28. The molecule has 0 spiro atoms. The lowest BCUT2D eigenvalue weighted by molar-refractivity contribution is -0.137. The summed E-state index contributed by atoms with van der Waals surface area (Å²) in [5, 5.41) is 2.59. The summed E-state index contributed by atoms with van der Waals surface area (Å²) in [6.07, 6.45) is -4.47. The highest BCUT2D eigenvalue weighted by Gasteiger charge is 2.30. The smallest absolute Gasteiger partial charge is 0.416 e. The summed E-state index contributed by atoms with van der Waals surface area (Å²) in [7, 11) is 0. The molecule has 0 aliphatic rings. The third-order valence-electron chi connectivity index (χ3n) is 3.39. The summed E-state index contributed by atoms with van der Waals surface area (Å²) in [6, 6.07) is 11.1. The van der Waals surface area contributed by atoms with Crippen LogP contribution in [0, 0.1) is 6.92 Å². The van der Waals surface area contributed by atoms with Gasteiger partial charge in [-0.3, -0.25) is 4.79 Å². The molecule has 0 saturated heterocycles. The van der Waals surface area contributed by atoms with E-state index >= 15 is 0 Å². The highest BCUT2D eigenvalue weighted by atomic mass is 19.4. The maximum absolute atomic E-state index is 12.5. The molecule has 2 aromatic carbocycles. The van der Waals surface area contributed by atoms with Crippen molar-refractivity contribution in [2.24, 2.45) is 0 Å². The van der Waals surface area contributed by atoms with Gasteiger partial charge in [0.15, 0.2) is 6.61 Å². The highest BCUT2D eigenvalue weighted by molar-refractivity contribution is 5.91. The molecule has 0 saturated carbocycles. The fraction of sp³-hybridized carbons (Fsp3) is 0.222. The minimum Gasteiger partial charge on any atom is -0.452 e. The number of halogens is 3. The topological polar surface area (TPSA) is 55.4 Å². The maximum Gasteiger partial charge on any atom is 0.416 e. The number of hydrogen-bond donors (Lipinski definition) is 1. The van der Waals surface area contributed by atoms with E-state index in [1.807, 2.05) is 31.2 Å². The third kappa shape index (κ3) is 5.63. The Hall–Kier alpha value is -2.83. The number of carbonyl (C=O) groups is 2. The van der Waals surface area contributed by atoms with Crippen LogP contribution < -0.4 is 5.32 Å². The number of amides is 1. The fourth-order valence-corrected chi connectivity index (χ4v) is 1.97. The van der Waals surface area contributed by atoms with E-state index < -0.39 is 30.2 Å². The minimum atomic E-state index is -4.47. The van der Waals surface area contributed by atoms with E-state index in [1.165, 1.54) is 0 Å². The van der Waals surface area contributed by atoms with Gasteiger partial charge >= 0.3 is 12.1 Å². The molecule has 0 heterocycles. The first-order chi connectivity index (χ1) is 11.8. The molecular formula is C18H16F3NO3. The summed E-state index contributed by atoms with van der Waals surface area (Å²) >= 11 is 0. The van der Waals surface area contributed by atoms with Crippen LogP contribution in [0.3, 0.4) is 0 Å². The largest absolute Gasteiger partial charge is 0.452 e. The van der Waals surface area contributed by atoms with Crippen LogP contribution in [-0.4, -0.2) is 18.5 Å². The third-order valence-corrected chi connectivity index (χ3v) is 3.39. The van der Waals surface area contributed by atoms with Crippen LogP contribution in [0.25, 0.3) is 0 Å². The Balaban J connectivity index is 1.80. The summed E-state index contributed by atoms with van der Waals surface area (Å²) in [4.78, 5) is 23.4. The molecule has 0 unspecified atom stereocenters. The molecule has 2 aromatic rings. The molecule has 1 N–H and O–H groups in total. The second kappa shape index (κ2) is 7.83. The van der Waals surface area contributed by atoms with Crippen molar-refractivity contribution in [1.82, 2.24) is 5.32 Å². The molecule has 0 aliphatic carbocycles. The van der Waals surface area contributed by atoms with Gasteiger partial charge in [-0.1, -0.05) is 29.8 Å². The average molecular weight is 351 g/mol. The maximum atomic E-state index is 12.5. The van der Waals surface area contributed by atoms with Gasteiger partial charge in [-0.15, -0.1) is 0 Å². The van der Waals surface area contributed by atoms with E-state index in [1.54, 1.807) is 0 Å². The van der Waals surface area contributed by atoms with Crippen molar-refractivity contribution < 1.29 is 27.5 Å². The zero-order valence-corrected chi connectivity index (χ0v) is 13.4. The average Bonchev–Trinajstić information content (AvgIpc) is 2.58. The number of carbonyl (C=O) groups excluding carboxylic acids is 2. The number of nitrogens with one attached hydrogen (secondary N) is 1. The fourth-order valence-electron chi connectivity index (χ4n) is 1.97. The standard InChI is InChI=1S/C18H16F3NO3/c1-12-2-4-13(5-3-12)10-22-16(23)11-25-17(24)14-6-8-15(9-7-14)18(19,20)21/h2-9H,10-11H2,1H3,(H,22,23). The normalized spacial score (nSPS) is 11.0. The van der Waals surface area contributed by atoms with Crippen LogP contribution in [0.5, 0.6) is 0 Å². The van der Waals surface area contributed by atoms with Crippen LogP contribution in [0.15, 0.2) is 48.5 Å². The minimum absolute atomic E-state index is 0.0562. The van der Waals surface area contributed by atoms with Crippen LogP contribution in [0.1, 0.15) is 27.0 Å². The Morgan fingerprint density at radius 2 is 1.60 bits per heavy atom. The van der Waals surface area contributed by atoms with Gasteiger partial charge in [-0.25, -0.2) is 4.79 Å². The van der Waals surface area contributed by atoms with Gasteiger partial charge in [0.2, 0.25) is 0 Å². The molecule has 1 amide bonds. The number of ether oxygens (including phenoxy) is 1. The second-order valence-electron chi connectivity index (χ2n) is 5.41. The number of hydrogen-bond acceptors (Lipinski definition) is 3. The lowest BCUT2D eigenvalue weighted by Gasteiger charge is -2.08. The summed E-state index contributed by atoms with van der Waals surface area (Å²) in [6.45, 7) is 1.73. The van der Waals surface area contributed by atoms with Crippen molar-refractivity contribution in [2.45, 2.75) is 19.6 Å². The Bertz CT molecular complexity index is 738. The number of rotatable bonds is 5. The van der Waals surface area contributed by atoms with Crippen molar-refractivity contribution in [1.29, 1.82) is 0 Å². The van der Waals surface area contributed by atoms with E-state index in [2.05, 4.69) is 5.32 Å². The highest BCUT2D eigenvalue weighted by Crippen LogP contribution is 2.29. The monoisotopic (exact) mass is 351 g/mol. The van der Waals surface area contributed by atoms with Crippen LogP contribution in [0.4, 0.5) is 13.2 Å². The molecule has 132 valence electrons. The Kier molecular flexibility index (Phi) is 5.80. The zero-order valence-electron chi connectivity index (χ0n) is 13.4. The number of benzene rings is 2. The second-order valence-corrected chi connectivity index (χ2v) is 5.41. The predicted molar refractivity (Wildman–Crippen MR) is 84.8 cm³/mol. The van der Waals surface area contributed by atoms with Gasteiger partial charge in [0.1, 0.15) is 0 Å². The molecule has 7 heteroatoms. The molecule has 2 rings (SSSR count). The molecule has 0 radical (unpaired) electrons. The lowest BCUT2D eigenvalue weighted by atomic mass is 10.1. The molecule has 0 fully saturated rings. The van der Waals surface area contributed by atoms with E-state index in [-0.39, 0.29) is 12.1 Å². The van der Waals surface area contributed by atoms with Gasteiger partial charge in [-0.05, 0) is 36.8 Å². The van der Waals surface area contributed by atoms with Crippen LogP contribution >= 0.6 is 0 Å². The van der Waals surface area contributed by atoms with E-state index in [0.717, 1.165) is 35.4 Å². The van der Waals surface area contributed by atoms with Crippen molar-refractivity contribution in [3.8, 4) is 0 Å². The van der Waals surface area contributed by atoms with Crippen molar-refractivity contribution in [3.05, 3.63) is 70.8 Å². The van der Waals surface area contributed by atoms with Gasteiger partial charge < -0.3 is 10.1 Å². The Morgan fingerprint density at radius 3 is 2.16 bits per heavy atom. The summed E-state index contributed by atoms with van der Waals surface area (Å²) < 4.78 is 42.1. The van der Waals surface area contributed by atoms with Crippen molar-refractivity contribution in [2.75, 3.05) is 6.61 Å². The summed E-state index contributed by atoms with van der Waals surface area (Å²) in [5.41, 5.74) is 1.08. The molecule has 0 bridgehead atoms. The molecule has 25 heavy (non-hydrogen) atoms. The van der Waals surface area contributed by atoms with E-state index in [4.69, 9.17) is 4.74 Å². The quantitative estimate of drug-likeness (QED) is 0.839. The zero-order chi connectivity index (χ0) is 18.4. The molecule has 0 aliphatic heterocycles. The Morgan fingerprint density at radius 1 is 1.00 bits per heavy atom. The molecular weight excluding hydrogens is 335 g/mol. The molecule has 0 atom stereocenters. The van der Waals surface area contributed by atoms with Crippen LogP contribution in [-0.2, 0) is 22.3 Å².